The number of nitrogens with zero attached hydrogens (tertiary/aromatic N) is 7. The van der Waals surface area contributed by atoms with Crippen LogP contribution in [0.25, 0.3) is 5.65 Å². The minimum Gasteiger partial charge on any atom is -0.356 e. The van der Waals surface area contributed by atoms with Gasteiger partial charge in [0.25, 0.3) is 0 Å². The number of nitrogens with one attached hydrogen (secondary N) is 1. The van der Waals surface area contributed by atoms with Crippen molar-refractivity contribution in [1.82, 2.24) is 34.4 Å². The predicted molar refractivity (Wildman–Crippen MR) is 109 cm³/mol. The molecule has 1 N–H and O–H groups in total. The van der Waals surface area contributed by atoms with Crippen LogP contribution in [0.1, 0.15) is 31.6 Å². The van der Waals surface area contributed by atoms with Crippen LogP contribution in [0.2, 0.25) is 0 Å². The second-order valence-electron chi connectivity index (χ2n) is 7.41. The van der Waals surface area contributed by atoms with Crippen LogP contribution in [0, 0.1) is 5.92 Å². The van der Waals surface area contributed by atoms with E-state index in [0.717, 1.165) is 56.3 Å². The number of pyridine rings is 1. The molecule has 1 aliphatic rings. The Morgan fingerprint density at radius 2 is 2.21 bits per heavy atom. The second kappa shape index (κ2) is 8.41. The number of fused-ring (bicyclic) bond motifs is 1. The molecule has 28 heavy (non-hydrogen) atoms. The summed E-state index contributed by atoms with van der Waals surface area (Å²) in [5.41, 5.74) is 0.897. The molecule has 0 aromatic carbocycles. The number of piperidine rings is 1. The molecule has 4 heterocycles. The average molecular weight is 381 g/mol. The maximum atomic E-state index is 4.51. The van der Waals surface area contributed by atoms with E-state index in [1.54, 1.807) is 0 Å². The maximum absolute atomic E-state index is 4.51. The topological polar surface area (TPSA) is 75.6 Å². The zero-order valence-electron chi connectivity index (χ0n) is 16.6. The predicted octanol–water partition coefficient (Wildman–Crippen LogP) is 2.02. The molecule has 0 spiro atoms. The van der Waals surface area contributed by atoms with E-state index in [4.69, 9.17) is 0 Å². The number of aromatic nitrogens is 5. The Morgan fingerprint density at radius 1 is 1.29 bits per heavy atom. The van der Waals surface area contributed by atoms with Crippen LogP contribution in [0.3, 0.4) is 0 Å². The normalized spacial score (nSPS) is 20.6. The van der Waals surface area contributed by atoms with Gasteiger partial charge in [0.2, 0.25) is 0 Å². The van der Waals surface area contributed by atoms with Gasteiger partial charge in [-0.3, -0.25) is 9.39 Å². The summed E-state index contributed by atoms with van der Waals surface area (Å²) in [6.07, 6.45) is 10.9. The standard InChI is InChI=1S/C20H28N8/c1-16-8-12-26(14-17(16)27-13-10-22-15-27)20(21-2)23-9-5-7-19-25-24-18-6-3-4-11-28(18)19/h3-4,6,10-11,13,15-17H,5,7-9,12,14H2,1-2H3,(H,21,23). The molecule has 3 aromatic rings. The molecular formula is C20H28N8. The zero-order valence-corrected chi connectivity index (χ0v) is 16.6. The van der Waals surface area contributed by atoms with Crippen LogP contribution >= 0.6 is 0 Å². The van der Waals surface area contributed by atoms with Gasteiger partial charge in [-0.15, -0.1) is 10.2 Å². The lowest BCUT2D eigenvalue weighted by Crippen LogP contribution is -2.49. The van der Waals surface area contributed by atoms with Crippen molar-refractivity contribution < 1.29 is 0 Å². The molecule has 1 saturated heterocycles. The molecule has 1 aliphatic heterocycles. The monoisotopic (exact) mass is 380 g/mol. The SMILES string of the molecule is CN=C(NCCCc1nnc2ccccn12)N1CCC(C)C(n2ccnc2)C1. The molecule has 8 heteroatoms. The smallest absolute Gasteiger partial charge is 0.193 e. The number of guanidine groups is 1. The molecule has 1 fully saturated rings. The van der Waals surface area contributed by atoms with Gasteiger partial charge in [0, 0.05) is 51.7 Å². The quantitative estimate of drug-likeness (QED) is 0.416. The minimum atomic E-state index is 0.428. The van der Waals surface area contributed by atoms with Gasteiger partial charge < -0.3 is 14.8 Å². The fraction of sp³-hybridized carbons (Fsp3) is 0.500. The fourth-order valence-electron chi connectivity index (χ4n) is 3.94. The van der Waals surface area contributed by atoms with Gasteiger partial charge >= 0.3 is 0 Å². The van der Waals surface area contributed by atoms with Gasteiger partial charge in [-0.1, -0.05) is 13.0 Å². The van der Waals surface area contributed by atoms with Crippen LogP contribution in [0.15, 0.2) is 48.1 Å². The van der Waals surface area contributed by atoms with E-state index in [2.05, 4.69) is 52.5 Å². The third-order valence-corrected chi connectivity index (χ3v) is 5.58. The Bertz CT molecular complexity index is 913. The highest BCUT2D eigenvalue weighted by Crippen LogP contribution is 2.27. The Balaban J connectivity index is 1.31. The third-order valence-electron chi connectivity index (χ3n) is 5.58. The number of hydrogen-bond donors (Lipinski definition) is 1. The highest BCUT2D eigenvalue weighted by molar-refractivity contribution is 5.80. The third kappa shape index (κ3) is 3.85. The summed E-state index contributed by atoms with van der Waals surface area (Å²) in [4.78, 5) is 11.1. The summed E-state index contributed by atoms with van der Waals surface area (Å²) >= 11 is 0. The number of aliphatic imine (C=N–C) groups is 1. The first-order chi connectivity index (χ1) is 13.8. The Kier molecular flexibility index (Phi) is 5.55. The summed E-state index contributed by atoms with van der Waals surface area (Å²) in [5.74, 6) is 2.60. The minimum absolute atomic E-state index is 0.428. The van der Waals surface area contributed by atoms with Gasteiger partial charge in [0.05, 0.1) is 12.4 Å². The van der Waals surface area contributed by atoms with Crippen molar-refractivity contribution in [2.75, 3.05) is 26.7 Å². The largest absolute Gasteiger partial charge is 0.356 e. The molecule has 8 nitrogen and oxygen atoms in total. The van der Waals surface area contributed by atoms with E-state index in [9.17, 15) is 0 Å². The lowest BCUT2D eigenvalue weighted by atomic mass is 9.93. The maximum Gasteiger partial charge on any atom is 0.193 e. The highest BCUT2D eigenvalue weighted by Gasteiger charge is 2.28. The van der Waals surface area contributed by atoms with Crippen LogP contribution in [-0.2, 0) is 6.42 Å². The number of likely N-dealkylation sites (tertiary alicyclic amines) is 1. The lowest BCUT2D eigenvalue weighted by Gasteiger charge is -2.39. The van der Waals surface area contributed by atoms with E-state index < -0.39 is 0 Å². The fourth-order valence-corrected chi connectivity index (χ4v) is 3.94. The molecule has 2 atom stereocenters. The molecular weight excluding hydrogens is 352 g/mol. The number of imidazole rings is 1. The van der Waals surface area contributed by atoms with E-state index in [1.165, 1.54) is 0 Å². The first-order valence-corrected chi connectivity index (χ1v) is 9.98. The molecule has 0 bridgehead atoms. The molecule has 0 radical (unpaired) electrons. The Hall–Kier alpha value is -2.90. The van der Waals surface area contributed by atoms with Crippen LogP contribution in [-0.4, -0.2) is 61.7 Å². The number of hydrogen-bond acceptors (Lipinski definition) is 4. The Labute approximate surface area is 165 Å². The van der Waals surface area contributed by atoms with Gasteiger partial charge in [-0.2, -0.15) is 0 Å². The summed E-state index contributed by atoms with van der Waals surface area (Å²) in [6, 6.07) is 6.39. The molecule has 3 aromatic heterocycles. The van der Waals surface area contributed by atoms with Crippen molar-refractivity contribution in [2.24, 2.45) is 10.9 Å². The first-order valence-electron chi connectivity index (χ1n) is 9.98. The first kappa shape index (κ1) is 18.5. The zero-order chi connectivity index (χ0) is 19.3. The molecule has 0 saturated carbocycles. The highest BCUT2D eigenvalue weighted by atomic mass is 15.3. The number of rotatable bonds is 5. The van der Waals surface area contributed by atoms with E-state index in [1.807, 2.05) is 44.0 Å². The van der Waals surface area contributed by atoms with Gasteiger partial charge in [0.1, 0.15) is 5.82 Å². The summed E-state index contributed by atoms with van der Waals surface area (Å²) in [6.45, 7) is 5.16. The molecule has 2 unspecified atom stereocenters. The van der Waals surface area contributed by atoms with Crippen molar-refractivity contribution >= 4 is 11.6 Å². The van der Waals surface area contributed by atoms with Crippen LogP contribution in [0.4, 0.5) is 0 Å². The lowest BCUT2D eigenvalue weighted by molar-refractivity contribution is 0.189. The van der Waals surface area contributed by atoms with Crippen LogP contribution < -0.4 is 5.32 Å². The van der Waals surface area contributed by atoms with Crippen molar-refractivity contribution in [1.29, 1.82) is 0 Å². The molecule has 0 amide bonds. The van der Waals surface area contributed by atoms with Gasteiger partial charge in [-0.25, -0.2) is 4.98 Å². The summed E-state index contributed by atoms with van der Waals surface area (Å²) < 4.78 is 4.27. The molecule has 4 rings (SSSR count). The number of aryl methyl sites for hydroxylation is 1. The molecule has 148 valence electrons. The van der Waals surface area contributed by atoms with Crippen molar-refractivity contribution in [3.8, 4) is 0 Å². The van der Waals surface area contributed by atoms with E-state index >= 15 is 0 Å². The van der Waals surface area contributed by atoms with Crippen molar-refractivity contribution in [3.05, 3.63) is 48.9 Å². The second-order valence-corrected chi connectivity index (χ2v) is 7.41. The van der Waals surface area contributed by atoms with Crippen LogP contribution in [0.5, 0.6) is 0 Å². The summed E-state index contributed by atoms with van der Waals surface area (Å²) in [7, 11) is 1.86. The molecule has 0 aliphatic carbocycles. The van der Waals surface area contributed by atoms with Crippen molar-refractivity contribution in [3.63, 3.8) is 0 Å². The average Bonchev–Trinajstić information content (AvgIpc) is 3.39. The van der Waals surface area contributed by atoms with Gasteiger partial charge in [0.15, 0.2) is 11.6 Å². The van der Waals surface area contributed by atoms with E-state index in [0.29, 0.717) is 12.0 Å². The Morgan fingerprint density at radius 3 is 3.04 bits per heavy atom. The van der Waals surface area contributed by atoms with E-state index in [-0.39, 0.29) is 0 Å². The summed E-state index contributed by atoms with van der Waals surface area (Å²) in [5, 5.41) is 12.0. The van der Waals surface area contributed by atoms with Gasteiger partial charge in [-0.05, 0) is 30.9 Å². The van der Waals surface area contributed by atoms with Crippen molar-refractivity contribution in [2.45, 2.75) is 32.2 Å².